The van der Waals surface area contributed by atoms with Crippen molar-refractivity contribution < 1.29 is 28.9 Å². The van der Waals surface area contributed by atoms with Crippen LogP contribution in [-0.4, -0.2) is 55.2 Å². The quantitative estimate of drug-likeness (QED) is 0.127. The summed E-state index contributed by atoms with van der Waals surface area (Å²) in [5.74, 6) is -0.211. The average molecular weight is 571 g/mol. The number of unbranched alkanes of at least 4 members (excludes halogenated alkanes) is 5. The Morgan fingerprint density at radius 1 is 0.949 bits per heavy atom. The zero-order valence-corrected chi connectivity index (χ0v) is 27.4. The van der Waals surface area contributed by atoms with Crippen LogP contribution in [0, 0.1) is 11.8 Å². The summed E-state index contributed by atoms with van der Waals surface area (Å²) in [5.41, 5.74) is -0.168. The van der Waals surface area contributed by atoms with E-state index >= 15 is 0 Å². The van der Waals surface area contributed by atoms with Crippen molar-refractivity contribution in [2.45, 2.75) is 180 Å². The van der Waals surface area contributed by atoms with Gasteiger partial charge in [0.05, 0.1) is 17.8 Å². The van der Waals surface area contributed by atoms with Gasteiger partial charge < -0.3 is 24.1 Å². The predicted molar refractivity (Wildman–Crippen MR) is 161 cm³/mol. The lowest BCUT2D eigenvalue weighted by atomic mass is 9.81. The molecule has 1 aliphatic carbocycles. The lowest BCUT2D eigenvalue weighted by Gasteiger charge is -2.45. The van der Waals surface area contributed by atoms with Gasteiger partial charge in [-0.25, -0.2) is 0 Å². The largest absolute Gasteiger partial charge is 0.481 e. The molecule has 0 aromatic heterocycles. The Balaban J connectivity index is 2.12. The molecule has 0 spiro atoms. The van der Waals surface area contributed by atoms with Crippen molar-refractivity contribution in [2.24, 2.45) is 11.8 Å². The van der Waals surface area contributed by atoms with Crippen molar-refractivity contribution in [3.8, 4) is 0 Å². The predicted octanol–water partition coefficient (Wildman–Crippen LogP) is 8.46. The molecular weight excluding hydrogens is 508 g/mol. The van der Waals surface area contributed by atoms with Gasteiger partial charge in [-0.2, -0.15) is 0 Å². The van der Waals surface area contributed by atoms with Crippen molar-refractivity contribution in [3.63, 3.8) is 0 Å². The third kappa shape index (κ3) is 11.7. The Morgan fingerprint density at radius 2 is 1.67 bits per heavy atom. The Hall–Kier alpha value is -0.473. The van der Waals surface area contributed by atoms with Gasteiger partial charge in [-0.1, -0.05) is 66.2 Å². The molecular formula is C32H62O6Si. The van der Waals surface area contributed by atoms with E-state index in [-0.39, 0.29) is 47.4 Å². The molecule has 1 saturated carbocycles. The van der Waals surface area contributed by atoms with Crippen LogP contribution in [0.15, 0.2) is 0 Å². The molecule has 7 heteroatoms. The van der Waals surface area contributed by atoms with E-state index in [0.29, 0.717) is 6.42 Å². The molecule has 2 N–H and O–H groups in total. The number of aliphatic carboxylic acids is 1. The summed E-state index contributed by atoms with van der Waals surface area (Å²) in [6.45, 7) is 17.0. The van der Waals surface area contributed by atoms with E-state index in [1.165, 1.54) is 19.3 Å². The zero-order valence-electron chi connectivity index (χ0n) is 26.4. The molecule has 1 aliphatic heterocycles. The van der Waals surface area contributed by atoms with Gasteiger partial charge in [0, 0.05) is 19.4 Å². The van der Waals surface area contributed by atoms with Crippen molar-refractivity contribution in [3.05, 3.63) is 0 Å². The summed E-state index contributed by atoms with van der Waals surface area (Å²) in [5, 5.41) is 20.3. The molecule has 0 aromatic carbocycles. The third-order valence-electron chi connectivity index (χ3n) is 9.76. The first-order chi connectivity index (χ1) is 18.3. The molecule has 1 saturated heterocycles. The second-order valence-electron chi connectivity index (χ2n) is 14.3. The molecule has 230 valence electrons. The zero-order chi connectivity index (χ0) is 29.1. The minimum Gasteiger partial charge on any atom is -0.481 e. The van der Waals surface area contributed by atoms with E-state index in [9.17, 15) is 9.90 Å². The van der Waals surface area contributed by atoms with Gasteiger partial charge in [0.15, 0.2) is 14.6 Å². The van der Waals surface area contributed by atoms with Gasteiger partial charge in [0.2, 0.25) is 0 Å². The third-order valence-corrected chi connectivity index (χ3v) is 14.4. The fraction of sp³-hybridized carbons (Fsp3) is 0.969. The molecule has 6 atom stereocenters. The Morgan fingerprint density at radius 3 is 2.28 bits per heavy atom. The van der Waals surface area contributed by atoms with Crippen molar-refractivity contribution in [1.29, 1.82) is 0 Å². The number of carboxylic acids is 1. The highest BCUT2D eigenvalue weighted by molar-refractivity contribution is 6.74. The minimum absolute atomic E-state index is 0.0212. The van der Waals surface area contributed by atoms with Crippen LogP contribution >= 0.6 is 0 Å². The van der Waals surface area contributed by atoms with Crippen molar-refractivity contribution in [2.75, 3.05) is 6.61 Å². The van der Waals surface area contributed by atoms with Crippen LogP contribution in [0.25, 0.3) is 0 Å². The summed E-state index contributed by atoms with van der Waals surface area (Å²) >= 11 is 0. The molecule has 2 aliphatic rings. The van der Waals surface area contributed by atoms with E-state index in [1.807, 2.05) is 0 Å². The monoisotopic (exact) mass is 570 g/mol. The van der Waals surface area contributed by atoms with Crippen molar-refractivity contribution in [1.82, 2.24) is 0 Å². The molecule has 3 unspecified atom stereocenters. The fourth-order valence-corrected chi connectivity index (χ4v) is 8.09. The second kappa shape index (κ2) is 16.2. The van der Waals surface area contributed by atoms with Crippen LogP contribution in [0.2, 0.25) is 18.1 Å². The highest BCUT2D eigenvalue weighted by Crippen LogP contribution is 2.45. The summed E-state index contributed by atoms with van der Waals surface area (Å²) in [4.78, 5) is 10.8. The van der Waals surface area contributed by atoms with Gasteiger partial charge in [-0.3, -0.25) is 4.79 Å². The summed E-state index contributed by atoms with van der Waals surface area (Å²) in [6.07, 6.45) is 15.0. The van der Waals surface area contributed by atoms with Crippen molar-refractivity contribution >= 4 is 14.3 Å². The van der Waals surface area contributed by atoms with Crippen LogP contribution in [0.5, 0.6) is 0 Å². The highest BCUT2D eigenvalue weighted by atomic mass is 28.4. The Bertz CT molecular complexity index is 701. The number of hydrogen-bond acceptors (Lipinski definition) is 5. The van der Waals surface area contributed by atoms with E-state index in [0.717, 1.165) is 77.2 Å². The first-order valence-corrected chi connectivity index (χ1v) is 19.1. The van der Waals surface area contributed by atoms with Gasteiger partial charge >= 0.3 is 5.97 Å². The smallest absolute Gasteiger partial charge is 0.303 e. The lowest BCUT2D eigenvalue weighted by Crippen LogP contribution is -2.49. The Labute approximate surface area is 241 Å². The summed E-state index contributed by atoms with van der Waals surface area (Å²) in [6, 6.07) is 0. The first kappa shape index (κ1) is 34.7. The molecule has 39 heavy (non-hydrogen) atoms. The van der Waals surface area contributed by atoms with E-state index in [2.05, 4.69) is 47.7 Å². The molecule has 6 nitrogen and oxygen atoms in total. The molecule has 2 rings (SSSR count). The summed E-state index contributed by atoms with van der Waals surface area (Å²) < 4.78 is 19.7. The van der Waals surface area contributed by atoms with Crippen LogP contribution in [0.4, 0.5) is 0 Å². The Kier molecular flexibility index (Phi) is 14.5. The molecule has 2 fully saturated rings. The maximum absolute atomic E-state index is 11.2. The normalized spacial score (nSPS) is 27.9. The van der Waals surface area contributed by atoms with Crippen LogP contribution < -0.4 is 0 Å². The average Bonchev–Trinajstić information content (AvgIpc) is 3.13. The van der Waals surface area contributed by atoms with Gasteiger partial charge in [0.25, 0.3) is 0 Å². The SMILES string of the molecule is CCCCCC(C)(CC[C@H]1C(OC2CCCCO2)C[C@H](O)[C@@H]1CCCCCCC(=O)O)O[Si](C)(C)C(C)(C)C. The summed E-state index contributed by atoms with van der Waals surface area (Å²) in [7, 11) is -1.94. The number of aliphatic hydroxyl groups is 1. The molecule has 0 radical (unpaired) electrons. The number of ether oxygens (including phenoxy) is 2. The number of carboxylic acid groups (broad SMARTS) is 1. The molecule has 0 bridgehead atoms. The van der Waals surface area contributed by atoms with Gasteiger partial charge in [-0.15, -0.1) is 0 Å². The van der Waals surface area contributed by atoms with Gasteiger partial charge in [0.1, 0.15) is 0 Å². The highest BCUT2D eigenvalue weighted by Gasteiger charge is 2.46. The number of carbonyl (C=O) groups is 1. The van der Waals surface area contributed by atoms with E-state index in [4.69, 9.17) is 19.0 Å². The van der Waals surface area contributed by atoms with E-state index in [1.54, 1.807) is 0 Å². The van der Waals surface area contributed by atoms with Crippen LogP contribution in [-0.2, 0) is 18.7 Å². The maximum Gasteiger partial charge on any atom is 0.303 e. The topological polar surface area (TPSA) is 85.2 Å². The number of rotatable bonds is 18. The second-order valence-corrected chi connectivity index (χ2v) is 19.0. The standard InChI is InChI=1S/C32H62O6Si/c1-8-9-15-21-32(5,38-39(6,7)31(2,3)4)22-20-26-25(17-12-10-11-13-18-29(34)35)27(33)24-28(26)37-30-19-14-16-23-36-30/h25-28,30,33H,8-24H2,1-7H3,(H,34,35)/t25-,26-,27+,28?,30?,32?/m1/s1. The first-order valence-electron chi connectivity index (χ1n) is 16.1. The van der Waals surface area contributed by atoms with Crippen LogP contribution in [0.1, 0.15) is 137 Å². The van der Waals surface area contributed by atoms with E-state index < -0.39 is 14.3 Å². The minimum atomic E-state index is -1.94. The molecule has 0 aromatic rings. The molecule has 0 amide bonds. The number of aliphatic hydroxyl groups excluding tert-OH is 1. The number of hydrogen-bond donors (Lipinski definition) is 2. The van der Waals surface area contributed by atoms with Crippen LogP contribution in [0.3, 0.4) is 0 Å². The fourth-order valence-electron chi connectivity index (χ4n) is 6.35. The molecule has 1 heterocycles. The lowest BCUT2D eigenvalue weighted by molar-refractivity contribution is -0.197. The van der Waals surface area contributed by atoms with Gasteiger partial charge in [-0.05, 0) is 88.3 Å². The maximum atomic E-state index is 11.2.